The van der Waals surface area contributed by atoms with Crippen molar-refractivity contribution in [3.05, 3.63) is 60.7 Å². The van der Waals surface area contributed by atoms with Gasteiger partial charge in [-0.1, -0.05) is 41.1 Å². The van der Waals surface area contributed by atoms with Gasteiger partial charge in [0.1, 0.15) is 5.69 Å². The van der Waals surface area contributed by atoms with Crippen molar-refractivity contribution >= 4 is 23.3 Å². The summed E-state index contributed by atoms with van der Waals surface area (Å²) in [5.74, 6) is -2.96. The zero-order chi connectivity index (χ0) is 15.2. The number of carbonyl (C=O) groups is 2. The first-order valence-electron chi connectivity index (χ1n) is 6.16. The lowest BCUT2D eigenvalue weighted by Gasteiger charge is -2.05. The number of nitrogens with zero attached hydrogens (tertiary/aromatic N) is 2. The summed E-state index contributed by atoms with van der Waals surface area (Å²) in [6, 6.07) is 15.1. The van der Waals surface area contributed by atoms with Crippen molar-refractivity contribution in [1.82, 2.24) is 0 Å². The Labute approximate surface area is 120 Å². The van der Waals surface area contributed by atoms with Crippen LogP contribution in [0.1, 0.15) is 0 Å². The van der Waals surface area contributed by atoms with Crippen molar-refractivity contribution in [2.45, 2.75) is 6.04 Å². The van der Waals surface area contributed by atoms with Gasteiger partial charge in [-0.2, -0.15) is 0 Å². The molecule has 0 amide bonds. The van der Waals surface area contributed by atoms with Crippen LogP contribution in [0.3, 0.4) is 0 Å². The Morgan fingerprint density at radius 1 is 0.857 bits per heavy atom. The minimum absolute atomic E-state index is 0.385. The van der Waals surface area contributed by atoms with E-state index in [1.807, 2.05) is 0 Å². The second kappa shape index (κ2) is 6.42. The minimum Gasteiger partial charge on any atom is -0.476 e. The molecular formula is C15H13N2O4+. The first kappa shape index (κ1) is 14.4. The molecule has 0 aliphatic carbocycles. The van der Waals surface area contributed by atoms with Gasteiger partial charge in [0.05, 0.1) is 0 Å². The van der Waals surface area contributed by atoms with Crippen LogP contribution in [-0.4, -0.2) is 32.9 Å². The van der Waals surface area contributed by atoms with E-state index in [2.05, 4.69) is 5.11 Å². The molecule has 2 N–H and O–H groups in total. The predicted molar refractivity (Wildman–Crippen MR) is 74.0 cm³/mol. The smallest absolute Gasteiger partial charge is 0.388 e. The highest BCUT2D eigenvalue weighted by atomic mass is 16.4. The molecule has 0 aliphatic rings. The zero-order valence-electron chi connectivity index (χ0n) is 11.0. The molecule has 0 aliphatic heterocycles. The molecule has 0 atom stereocenters. The first-order valence-corrected chi connectivity index (χ1v) is 6.16. The van der Waals surface area contributed by atoms with Crippen LogP contribution in [-0.2, 0) is 9.59 Å². The molecule has 2 aromatic carbocycles. The van der Waals surface area contributed by atoms with Gasteiger partial charge in [0.15, 0.2) is 0 Å². The number of carboxylic acid groups (broad SMARTS) is 2. The number of hydrogen-bond acceptors (Lipinski definition) is 3. The maximum absolute atomic E-state index is 11.3. The van der Waals surface area contributed by atoms with Crippen LogP contribution in [0.4, 0.5) is 11.4 Å². The average Bonchev–Trinajstić information content (AvgIpc) is 2.48. The lowest BCUT2D eigenvalue weighted by molar-refractivity contribution is -0.525. The Morgan fingerprint density at radius 3 is 1.81 bits per heavy atom. The van der Waals surface area contributed by atoms with Crippen LogP contribution in [0.25, 0.3) is 0 Å². The molecule has 2 rings (SSSR count). The third kappa shape index (κ3) is 3.50. The van der Waals surface area contributed by atoms with Crippen molar-refractivity contribution in [1.29, 1.82) is 0 Å². The lowest BCUT2D eigenvalue weighted by atomic mass is 10.2. The Hall–Kier alpha value is -3.02. The summed E-state index contributed by atoms with van der Waals surface area (Å²) >= 11 is 0. The molecule has 0 spiro atoms. The zero-order valence-corrected chi connectivity index (χ0v) is 11.0. The molecular weight excluding hydrogens is 272 g/mol. The number of carboxylic acids is 2. The Bertz CT molecular complexity index is 655. The van der Waals surface area contributed by atoms with E-state index in [1.54, 1.807) is 60.7 Å². The van der Waals surface area contributed by atoms with Crippen molar-refractivity contribution < 1.29 is 24.5 Å². The second-order valence-corrected chi connectivity index (χ2v) is 4.19. The lowest BCUT2D eigenvalue weighted by Crippen LogP contribution is -2.38. The van der Waals surface area contributed by atoms with E-state index in [0.717, 1.165) is 4.70 Å². The largest absolute Gasteiger partial charge is 0.476 e. The summed E-state index contributed by atoms with van der Waals surface area (Å²) in [6.45, 7) is 0. The fraction of sp³-hybridized carbons (Fsp3) is 0.0667. The molecule has 0 saturated carbocycles. The Kier molecular flexibility index (Phi) is 4.40. The van der Waals surface area contributed by atoms with Gasteiger partial charge in [-0.15, -0.1) is 0 Å². The molecule has 2 aromatic rings. The van der Waals surface area contributed by atoms with Crippen LogP contribution < -0.4 is 0 Å². The predicted octanol–water partition coefficient (Wildman–Crippen LogP) is 2.65. The van der Waals surface area contributed by atoms with E-state index in [1.165, 1.54) is 0 Å². The SMILES string of the molecule is O=C(O)C(C(=O)O)[N+](=Nc1ccccc1)c1ccccc1. The molecule has 0 unspecified atom stereocenters. The molecule has 0 aromatic heterocycles. The maximum Gasteiger partial charge on any atom is 0.388 e. The minimum atomic E-state index is -1.80. The van der Waals surface area contributed by atoms with Gasteiger partial charge < -0.3 is 10.2 Å². The summed E-state index contributed by atoms with van der Waals surface area (Å²) in [6.07, 6.45) is 0. The van der Waals surface area contributed by atoms with Crippen molar-refractivity contribution in [3.8, 4) is 0 Å². The first-order chi connectivity index (χ1) is 10.1. The summed E-state index contributed by atoms with van der Waals surface area (Å²) in [5, 5.41) is 22.5. The quantitative estimate of drug-likeness (QED) is 0.502. The van der Waals surface area contributed by atoms with Gasteiger partial charge in [0.25, 0.3) is 0 Å². The van der Waals surface area contributed by atoms with E-state index in [0.29, 0.717) is 11.4 Å². The van der Waals surface area contributed by atoms with Crippen LogP contribution in [0.15, 0.2) is 65.8 Å². The third-order valence-corrected chi connectivity index (χ3v) is 2.71. The molecule has 106 valence electrons. The summed E-state index contributed by atoms with van der Waals surface area (Å²) < 4.78 is 0.986. The Morgan fingerprint density at radius 2 is 1.33 bits per heavy atom. The molecule has 6 nitrogen and oxygen atoms in total. The van der Waals surface area contributed by atoms with E-state index in [-0.39, 0.29) is 0 Å². The van der Waals surface area contributed by atoms with Gasteiger partial charge in [0, 0.05) is 17.2 Å². The van der Waals surface area contributed by atoms with Crippen LogP contribution >= 0.6 is 0 Å². The standard InChI is InChI=1S/C15H12N2O4/c18-14(19)13(15(20)21)17(12-9-5-2-6-10-12)16-11-7-3-1-4-8-11/h1-10,13H,(H-,18,19,20,21)/p+1. The van der Waals surface area contributed by atoms with Gasteiger partial charge >= 0.3 is 18.0 Å². The van der Waals surface area contributed by atoms with E-state index in [9.17, 15) is 19.8 Å². The maximum atomic E-state index is 11.3. The van der Waals surface area contributed by atoms with E-state index >= 15 is 0 Å². The molecule has 0 saturated heterocycles. The fourth-order valence-electron chi connectivity index (χ4n) is 1.78. The topological polar surface area (TPSA) is 90.0 Å². The van der Waals surface area contributed by atoms with E-state index in [4.69, 9.17) is 0 Å². The number of para-hydroxylation sites is 1. The number of aliphatic carboxylic acids is 2. The third-order valence-electron chi connectivity index (χ3n) is 2.71. The summed E-state index contributed by atoms with van der Waals surface area (Å²) in [5.41, 5.74) is 0.852. The van der Waals surface area contributed by atoms with Crippen LogP contribution in [0.2, 0.25) is 0 Å². The molecule has 21 heavy (non-hydrogen) atoms. The highest BCUT2D eigenvalue weighted by Gasteiger charge is 2.40. The van der Waals surface area contributed by atoms with Crippen molar-refractivity contribution in [2.24, 2.45) is 5.11 Å². The number of hydrogen-bond donors (Lipinski definition) is 2. The number of benzene rings is 2. The van der Waals surface area contributed by atoms with Gasteiger partial charge in [-0.05, 0) is 12.1 Å². The average molecular weight is 285 g/mol. The van der Waals surface area contributed by atoms with Crippen molar-refractivity contribution in [2.75, 3.05) is 0 Å². The summed E-state index contributed by atoms with van der Waals surface area (Å²) in [7, 11) is 0. The normalized spacial score (nSPS) is 11.4. The molecule has 6 heteroatoms. The number of azo groups is 2. The second-order valence-electron chi connectivity index (χ2n) is 4.19. The monoisotopic (exact) mass is 285 g/mol. The van der Waals surface area contributed by atoms with Gasteiger partial charge in [0.2, 0.25) is 5.69 Å². The highest BCUT2D eigenvalue weighted by molar-refractivity contribution is 5.95. The van der Waals surface area contributed by atoms with Crippen molar-refractivity contribution in [3.63, 3.8) is 0 Å². The molecule has 0 bridgehead atoms. The van der Waals surface area contributed by atoms with Crippen LogP contribution in [0.5, 0.6) is 0 Å². The fourth-order valence-corrected chi connectivity index (χ4v) is 1.78. The van der Waals surface area contributed by atoms with E-state index < -0.39 is 18.0 Å². The van der Waals surface area contributed by atoms with Gasteiger partial charge in [-0.3, -0.25) is 0 Å². The highest BCUT2D eigenvalue weighted by Crippen LogP contribution is 2.20. The number of rotatable bonds is 5. The summed E-state index contributed by atoms with van der Waals surface area (Å²) in [4.78, 5) is 22.5. The van der Waals surface area contributed by atoms with Crippen LogP contribution in [0, 0.1) is 0 Å². The molecule has 0 heterocycles. The Balaban J connectivity index is 2.57. The van der Waals surface area contributed by atoms with Gasteiger partial charge in [-0.25, -0.2) is 9.59 Å². The molecule has 0 radical (unpaired) electrons. The molecule has 0 fully saturated rings.